The van der Waals surface area contributed by atoms with Crippen molar-refractivity contribution in [1.29, 1.82) is 0 Å². The minimum Gasteiger partial charge on any atom is -0.350 e. The second-order valence-corrected chi connectivity index (χ2v) is 9.46. The first kappa shape index (κ1) is 13.1. The lowest BCUT2D eigenvalue weighted by Crippen LogP contribution is -2.45. The third-order valence-electron chi connectivity index (χ3n) is 3.28. The molecule has 94 valence electrons. The molecule has 0 aromatic heterocycles. The molecule has 2 aromatic rings. The second-order valence-electron chi connectivity index (χ2n) is 5.30. The molecule has 1 unspecified atom stereocenters. The first-order valence-corrected chi connectivity index (χ1v) is 9.52. The fraction of sp³-hybridized carbons (Fsp3) is 0.250. The lowest BCUT2D eigenvalue weighted by Gasteiger charge is -2.22. The van der Waals surface area contributed by atoms with Gasteiger partial charge >= 0.3 is 0 Å². The van der Waals surface area contributed by atoms with Crippen LogP contribution < -0.4 is 5.40 Å². The molecule has 0 saturated carbocycles. The smallest absolute Gasteiger partial charge is 0.124 e. The van der Waals surface area contributed by atoms with E-state index in [1.54, 1.807) is 0 Å². The van der Waals surface area contributed by atoms with E-state index in [1.807, 2.05) is 0 Å². The van der Waals surface area contributed by atoms with E-state index < -0.39 is 8.24 Å². The van der Waals surface area contributed by atoms with Gasteiger partial charge in [-0.1, -0.05) is 67.2 Å². The standard InChI is InChI=1S/C16H21NSi/c1-18(17,14-16-10-6-3-7-11-16)13-12-15-8-4-2-5-9-15/h2-11H,12-14,17H2,1H3. The van der Waals surface area contributed by atoms with Crippen LogP contribution in [0.1, 0.15) is 11.1 Å². The predicted molar refractivity (Wildman–Crippen MR) is 80.9 cm³/mol. The molecular weight excluding hydrogens is 234 g/mol. The molecule has 1 nitrogen and oxygen atoms in total. The molecule has 0 heterocycles. The van der Waals surface area contributed by atoms with Crippen LogP contribution in [0.3, 0.4) is 0 Å². The van der Waals surface area contributed by atoms with Crippen LogP contribution in [-0.4, -0.2) is 8.24 Å². The topological polar surface area (TPSA) is 26.0 Å². The molecule has 0 aliphatic rings. The van der Waals surface area contributed by atoms with E-state index in [1.165, 1.54) is 11.1 Å². The van der Waals surface area contributed by atoms with Gasteiger partial charge in [0.15, 0.2) is 0 Å². The van der Waals surface area contributed by atoms with Gasteiger partial charge < -0.3 is 5.40 Å². The molecule has 0 bridgehead atoms. The zero-order chi connectivity index (χ0) is 12.8. The van der Waals surface area contributed by atoms with E-state index in [0.29, 0.717) is 0 Å². The Kier molecular flexibility index (Phi) is 4.34. The van der Waals surface area contributed by atoms with Crippen molar-refractivity contribution in [2.45, 2.75) is 25.1 Å². The number of nitrogens with two attached hydrogens (primary N) is 1. The normalized spacial score (nSPS) is 14.1. The van der Waals surface area contributed by atoms with E-state index in [-0.39, 0.29) is 0 Å². The lowest BCUT2D eigenvalue weighted by molar-refractivity contribution is 1.06. The molecule has 0 aliphatic carbocycles. The van der Waals surface area contributed by atoms with Gasteiger partial charge in [0.1, 0.15) is 8.24 Å². The van der Waals surface area contributed by atoms with Crippen LogP contribution in [-0.2, 0) is 12.5 Å². The van der Waals surface area contributed by atoms with Gasteiger partial charge in [-0.15, -0.1) is 0 Å². The van der Waals surface area contributed by atoms with Gasteiger partial charge in [-0.05, 0) is 29.6 Å². The average Bonchev–Trinajstić information content (AvgIpc) is 2.38. The molecule has 0 amide bonds. The van der Waals surface area contributed by atoms with Crippen LogP contribution in [0.2, 0.25) is 12.6 Å². The molecule has 0 spiro atoms. The van der Waals surface area contributed by atoms with Crippen molar-refractivity contribution in [3.8, 4) is 0 Å². The number of benzene rings is 2. The maximum Gasteiger partial charge on any atom is 0.124 e. The molecule has 0 aliphatic heterocycles. The Hall–Kier alpha value is -1.38. The Labute approximate surface area is 111 Å². The highest BCUT2D eigenvalue weighted by atomic mass is 28.3. The summed E-state index contributed by atoms with van der Waals surface area (Å²) in [5.74, 6) is 0. The number of hydrogen-bond donors (Lipinski definition) is 1. The minimum absolute atomic E-state index is 1.07. The zero-order valence-corrected chi connectivity index (χ0v) is 12.0. The van der Waals surface area contributed by atoms with Crippen molar-refractivity contribution in [1.82, 2.24) is 0 Å². The van der Waals surface area contributed by atoms with Crippen molar-refractivity contribution >= 4 is 8.24 Å². The first-order valence-electron chi connectivity index (χ1n) is 6.52. The molecule has 0 radical (unpaired) electrons. The third-order valence-corrected chi connectivity index (χ3v) is 5.89. The molecule has 18 heavy (non-hydrogen) atoms. The fourth-order valence-corrected chi connectivity index (χ4v) is 4.43. The Morgan fingerprint density at radius 1 is 0.833 bits per heavy atom. The van der Waals surface area contributed by atoms with Gasteiger partial charge in [0.05, 0.1) is 0 Å². The summed E-state index contributed by atoms with van der Waals surface area (Å²) in [7, 11) is -1.63. The van der Waals surface area contributed by atoms with Crippen LogP contribution in [0.5, 0.6) is 0 Å². The van der Waals surface area contributed by atoms with Crippen molar-refractivity contribution in [3.05, 3.63) is 71.8 Å². The summed E-state index contributed by atoms with van der Waals surface area (Å²) in [5.41, 5.74) is 2.77. The molecule has 2 heteroatoms. The van der Waals surface area contributed by atoms with Gasteiger partial charge in [-0.3, -0.25) is 0 Å². The van der Waals surface area contributed by atoms with Crippen molar-refractivity contribution in [2.24, 2.45) is 5.40 Å². The van der Waals surface area contributed by atoms with E-state index in [4.69, 9.17) is 5.40 Å². The third kappa shape index (κ3) is 4.13. The summed E-state index contributed by atoms with van der Waals surface area (Å²) >= 11 is 0. The van der Waals surface area contributed by atoms with Crippen LogP contribution in [0.4, 0.5) is 0 Å². The molecular formula is C16H21NSi. The van der Waals surface area contributed by atoms with Crippen LogP contribution in [0.15, 0.2) is 60.7 Å². The Morgan fingerprint density at radius 2 is 1.33 bits per heavy atom. The summed E-state index contributed by atoms with van der Waals surface area (Å²) < 4.78 is 0. The zero-order valence-electron chi connectivity index (χ0n) is 11.0. The Morgan fingerprint density at radius 3 is 1.89 bits per heavy atom. The van der Waals surface area contributed by atoms with Crippen LogP contribution in [0.25, 0.3) is 0 Å². The molecule has 2 rings (SSSR count). The van der Waals surface area contributed by atoms with E-state index >= 15 is 0 Å². The number of rotatable bonds is 5. The molecule has 0 fully saturated rings. The maximum absolute atomic E-state index is 6.54. The van der Waals surface area contributed by atoms with E-state index in [2.05, 4.69) is 67.2 Å². The highest BCUT2D eigenvalue weighted by molar-refractivity contribution is 6.75. The maximum atomic E-state index is 6.54. The Balaban J connectivity index is 1.91. The van der Waals surface area contributed by atoms with Crippen molar-refractivity contribution in [2.75, 3.05) is 0 Å². The van der Waals surface area contributed by atoms with E-state index in [9.17, 15) is 0 Å². The minimum atomic E-state index is -1.63. The SMILES string of the molecule is C[Si](N)(CCc1ccccc1)Cc1ccccc1. The number of aryl methyl sites for hydroxylation is 1. The van der Waals surface area contributed by atoms with Gasteiger partial charge in [0.2, 0.25) is 0 Å². The summed E-state index contributed by atoms with van der Waals surface area (Å²) in [4.78, 5) is 0. The van der Waals surface area contributed by atoms with Gasteiger partial charge in [0, 0.05) is 0 Å². The van der Waals surface area contributed by atoms with Crippen LogP contribution >= 0.6 is 0 Å². The molecule has 1 atom stereocenters. The monoisotopic (exact) mass is 255 g/mol. The van der Waals surface area contributed by atoms with Gasteiger partial charge in [-0.2, -0.15) is 0 Å². The van der Waals surface area contributed by atoms with Gasteiger partial charge in [-0.25, -0.2) is 0 Å². The lowest BCUT2D eigenvalue weighted by atomic mass is 10.2. The molecule has 2 N–H and O–H groups in total. The van der Waals surface area contributed by atoms with Crippen LogP contribution in [0, 0.1) is 0 Å². The van der Waals surface area contributed by atoms with Crippen molar-refractivity contribution < 1.29 is 0 Å². The second kappa shape index (κ2) is 5.98. The first-order chi connectivity index (χ1) is 8.66. The van der Waals surface area contributed by atoms with Crippen molar-refractivity contribution in [3.63, 3.8) is 0 Å². The fourth-order valence-electron chi connectivity index (χ4n) is 2.23. The summed E-state index contributed by atoms with van der Waals surface area (Å²) in [6.45, 7) is 2.28. The summed E-state index contributed by atoms with van der Waals surface area (Å²) in [6, 6.07) is 23.5. The van der Waals surface area contributed by atoms with E-state index in [0.717, 1.165) is 18.5 Å². The average molecular weight is 255 g/mol. The predicted octanol–water partition coefficient (Wildman–Crippen LogP) is 3.55. The number of hydrogen-bond acceptors (Lipinski definition) is 1. The highest BCUT2D eigenvalue weighted by Crippen LogP contribution is 2.14. The largest absolute Gasteiger partial charge is 0.350 e. The highest BCUT2D eigenvalue weighted by Gasteiger charge is 2.21. The summed E-state index contributed by atoms with van der Waals surface area (Å²) in [5, 5.41) is 6.54. The summed E-state index contributed by atoms with van der Waals surface area (Å²) in [6.07, 6.45) is 1.10. The van der Waals surface area contributed by atoms with Gasteiger partial charge in [0.25, 0.3) is 0 Å². The Bertz CT molecular complexity index is 465. The molecule has 2 aromatic carbocycles. The quantitative estimate of drug-likeness (QED) is 0.813. The molecule has 0 saturated heterocycles.